The van der Waals surface area contributed by atoms with E-state index in [2.05, 4.69) is 126 Å². The third kappa shape index (κ3) is 4.18. The number of benzene rings is 2. The van der Waals surface area contributed by atoms with Crippen LogP contribution in [0.3, 0.4) is 0 Å². The topological polar surface area (TPSA) is 0 Å². The van der Waals surface area contributed by atoms with E-state index in [1.54, 1.807) is 11.1 Å². The lowest BCUT2D eigenvalue weighted by Crippen LogP contribution is -2.45. The van der Waals surface area contributed by atoms with Crippen molar-refractivity contribution in [3.05, 3.63) is 107 Å². The van der Waals surface area contributed by atoms with Crippen molar-refractivity contribution in [1.82, 2.24) is 0 Å². The van der Waals surface area contributed by atoms with Gasteiger partial charge in [0.2, 0.25) is 0 Å². The largest absolute Gasteiger partial charge is 0.0808 e. The second-order valence-electron chi connectivity index (χ2n) is 13.4. The molecule has 0 saturated heterocycles. The number of aryl methyl sites for hydroxylation is 2. The molecule has 2 aromatic rings. The predicted molar refractivity (Wildman–Crippen MR) is 163 cm³/mol. The lowest BCUT2D eigenvalue weighted by molar-refractivity contribution is 0.495. The van der Waals surface area contributed by atoms with Crippen LogP contribution in [-0.2, 0) is 0 Å². The molecule has 0 aromatic heterocycles. The molecule has 1 heteroatoms. The van der Waals surface area contributed by atoms with Gasteiger partial charge in [-0.05, 0) is 95.6 Å². The summed E-state index contributed by atoms with van der Waals surface area (Å²) in [6, 6.07) is 18.6. The lowest BCUT2D eigenvalue weighted by atomic mass is 9.81. The van der Waals surface area contributed by atoms with E-state index in [1.165, 1.54) is 35.1 Å². The maximum atomic E-state index is 2.77. The standard InChI is InChI=1S/C36H44Si/c1-23-13-17-27(18-14-23)29-9-7-11-31-33(29)21-25(3)35(31)37(5,6)36-26(4)22-34-30(10-8-12-32(34)36)28-19-15-24(2)16-20-28/h7-20,25-26,31-36H,21-22H2,1-6H3. The molecular formula is C36H44Si. The Morgan fingerprint density at radius 2 is 0.973 bits per heavy atom. The molecule has 0 aliphatic heterocycles. The number of rotatable bonds is 4. The maximum absolute atomic E-state index is 2.77. The van der Waals surface area contributed by atoms with Crippen molar-refractivity contribution >= 4 is 19.2 Å². The Labute approximate surface area is 226 Å². The molecule has 6 rings (SSSR count). The Balaban J connectivity index is 1.30. The van der Waals surface area contributed by atoms with Crippen LogP contribution in [0.4, 0.5) is 0 Å². The summed E-state index contributed by atoms with van der Waals surface area (Å²) in [6.07, 6.45) is 17.5. The van der Waals surface area contributed by atoms with Crippen molar-refractivity contribution in [3.63, 3.8) is 0 Å². The van der Waals surface area contributed by atoms with Gasteiger partial charge in [0.15, 0.2) is 0 Å². The van der Waals surface area contributed by atoms with Gasteiger partial charge in [0.05, 0.1) is 8.07 Å². The number of fused-ring (bicyclic) bond motifs is 2. The van der Waals surface area contributed by atoms with Gasteiger partial charge in [-0.25, -0.2) is 0 Å². The van der Waals surface area contributed by atoms with Gasteiger partial charge >= 0.3 is 0 Å². The summed E-state index contributed by atoms with van der Waals surface area (Å²) in [4.78, 5) is 0. The van der Waals surface area contributed by atoms with Crippen LogP contribution in [-0.4, -0.2) is 8.07 Å². The van der Waals surface area contributed by atoms with Crippen molar-refractivity contribution in [3.8, 4) is 0 Å². The highest BCUT2D eigenvalue weighted by Gasteiger charge is 2.57. The molecule has 37 heavy (non-hydrogen) atoms. The van der Waals surface area contributed by atoms with Crippen LogP contribution < -0.4 is 0 Å². The van der Waals surface area contributed by atoms with E-state index in [0.717, 1.165) is 22.9 Å². The zero-order chi connectivity index (χ0) is 25.9. The lowest BCUT2D eigenvalue weighted by Gasteiger charge is -2.46. The Hall–Kier alpha value is -2.38. The van der Waals surface area contributed by atoms with Gasteiger partial charge < -0.3 is 0 Å². The smallest absolute Gasteiger partial charge is 0.0553 e. The average Bonchev–Trinajstić information content (AvgIpc) is 3.41. The van der Waals surface area contributed by atoms with Crippen LogP contribution in [0.15, 0.2) is 85.0 Å². The van der Waals surface area contributed by atoms with Crippen LogP contribution >= 0.6 is 0 Å². The molecular weight excluding hydrogens is 460 g/mol. The fraction of sp³-hybridized carbons (Fsp3) is 0.444. The number of allylic oxidation sites excluding steroid dienone is 8. The molecule has 0 heterocycles. The van der Waals surface area contributed by atoms with E-state index in [0.29, 0.717) is 23.7 Å². The summed E-state index contributed by atoms with van der Waals surface area (Å²) in [5, 5.41) is 0. The minimum Gasteiger partial charge on any atom is -0.0808 e. The van der Waals surface area contributed by atoms with Crippen LogP contribution in [0.25, 0.3) is 11.1 Å². The summed E-state index contributed by atoms with van der Waals surface area (Å²) in [6.45, 7) is 15.1. The molecule has 2 saturated carbocycles. The zero-order valence-corrected chi connectivity index (χ0v) is 24.6. The molecule has 4 aliphatic rings. The van der Waals surface area contributed by atoms with Crippen molar-refractivity contribution in [2.24, 2.45) is 35.5 Å². The monoisotopic (exact) mass is 504 g/mol. The number of hydrogen-bond acceptors (Lipinski definition) is 0. The van der Waals surface area contributed by atoms with E-state index in [4.69, 9.17) is 0 Å². The van der Waals surface area contributed by atoms with E-state index in [1.807, 2.05) is 0 Å². The molecule has 4 aliphatic carbocycles. The number of hydrogen-bond donors (Lipinski definition) is 0. The molecule has 8 atom stereocenters. The first kappa shape index (κ1) is 24.9. The van der Waals surface area contributed by atoms with Crippen molar-refractivity contribution in [1.29, 1.82) is 0 Å². The molecule has 0 radical (unpaired) electrons. The summed E-state index contributed by atoms with van der Waals surface area (Å²) >= 11 is 0. The van der Waals surface area contributed by atoms with Crippen molar-refractivity contribution < 1.29 is 0 Å². The Morgan fingerprint density at radius 1 is 0.595 bits per heavy atom. The first-order chi connectivity index (χ1) is 17.8. The first-order valence-corrected chi connectivity index (χ1v) is 17.8. The Kier molecular flexibility index (Phi) is 6.35. The summed E-state index contributed by atoms with van der Waals surface area (Å²) in [5.74, 6) is 4.33. The third-order valence-corrected chi connectivity index (χ3v) is 16.1. The van der Waals surface area contributed by atoms with E-state index in [-0.39, 0.29) is 0 Å². The molecule has 0 nitrogen and oxygen atoms in total. The summed E-state index contributed by atoms with van der Waals surface area (Å²) < 4.78 is 0. The average molecular weight is 505 g/mol. The molecule has 2 aromatic carbocycles. The maximum Gasteiger partial charge on any atom is 0.0553 e. The van der Waals surface area contributed by atoms with Crippen LogP contribution in [0.5, 0.6) is 0 Å². The van der Waals surface area contributed by atoms with Crippen molar-refractivity contribution in [2.45, 2.75) is 64.7 Å². The molecule has 192 valence electrons. The Bertz CT molecular complexity index is 1170. The molecule has 8 unspecified atom stereocenters. The highest BCUT2D eigenvalue weighted by molar-refractivity contribution is 6.80. The molecule has 2 fully saturated rings. The fourth-order valence-electron chi connectivity index (χ4n) is 9.46. The molecule has 0 spiro atoms. The van der Waals surface area contributed by atoms with Crippen LogP contribution in [0.2, 0.25) is 24.2 Å². The van der Waals surface area contributed by atoms with Crippen LogP contribution in [0, 0.1) is 49.4 Å². The molecule has 0 N–H and O–H groups in total. The predicted octanol–water partition coefficient (Wildman–Crippen LogP) is 9.90. The fourth-order valence-corrected chi connectivity index (χ4v) is 15.8. The molecule has 0 bridgehead atoms. The zero-order valence-electron chi connectivity index (χ0n) is 23.6. The van der Waals surface area contributed by atoms with Gasteiger partial charge in [0.25, 0.3) is 0 Å². The second-order valence-corrected chi connectivity index (χ2v) is 18.4. The molecule has 0 amide bonds. The van der Waals surface area contributed by atoms with E-state index in [9.17, 15) is 0 Å². The van der Waals surface area contributed by atoms with Gasteiger partial charge in [0.1, 0.15) is 0 Å². The first-order valence-electron chi connectivity index (χ1n) is 14.7. The van der Waals surface area contributed by atoms with E-state index < -0.39 is 8.07 Å². The van der Waals surface area contributed by atoms with Gasteiger partial charge in [-0.3, -0.25) is 0 Å². The summed E-state index contributed by atoms with van der Waals surface area (Å²) in [7, 11) is -1.62. The highest BCUT2D eigenvalue weighted by atomic mass is 28.3. The third-order valence-electron chi connectivity index (χ3n) is 10.7. The van der Waals surface area contributed by atoms with E-state index >= 15 is 0 Å². The second kappa shape index (κ2) is 9.42. The highest BCUT2D eigenvalue weighted by Crippen LogP contribution is 2.64. The van der Waals surface area contributed by atoms with Gasteiger partial charge in [0, 0.05) is 0 Å². The minimum atomic E-state index is -1.62. The quantitative estimate of drug-likeness (QED) is 0.363. The van der Waals surface area contributed by atoms with Gasteiger partial charge in [-0.1, -0.05) is 123 Å². The van der Waals surface area contributed by atoms with Gasteiger partial charge in [-0.2, -0.15) is 0 Å². The van der Waals surface area contributed by atoms with Gasteiger partial charge in [-0.15, -0.1) is 0 Å². The summed E-state index contributed by atoms with van der Waals surface area (Å²) in [5.41, 5.74) is 10.4. The van der Waals surface area contributed by atoms with Crippen molar-refractivity contribution in [2.75, 3.05) is 0 Å². The Morgan fingerprint density at radius 3 is 1.35 bits per heavy atom. The SMILES string of the molecule is Cc1ccc(C2=CC=CC3C2CC(C)C3[Si](C)(C)C2C(C)CC3C(c4ccc(C)cc4)=CC=CC32)cc1. The minimum absolute atomic E-state index is 0.678. The van der Waals surface area contributed by atoms with Crippen LogP contribution in [0.1, 0.15) is 48.9 Å². The normalized spacial score (nSPS) is 34.6.